The van der Waals surface area contributed by atoms with Crippen molar-refractivity contribution in [3.05, 3.63) is 44.7 Å². The average Bonchev–Trinajstić information content (AvgIpc) is 2.84. The van der Waals surface area contributed by atoms with Crippen molar-refractivity contribution in [2.24, 2.45) is 0 Å². The summed E-state index contributed by atoms with van der Waals surface area (Å²) in [7, 11) is 0. The van der Waals surface area contributed by atoms with Gasteiger partial charge in [-0.15, -0.1) is 11.3 Å². The maximum absolute atomic E-state index is 10.9. The molecule has 0 aromatic carbocycles. The van der Waals surface area contributed by atoms with Gasteiger partial charge in [0.1, 0.15) is 5.82 Å². The van der Waals surface area contributed by atoms with E-state index in [1.807, 2.05) is 5.38 Å². The lowest BCUT2D eigenvalue weighted by Crippen LogP contribution is -2.06. The van der Waals surface area contributed by atoms with E-state index in [4.69, 9.17) is 16.7 Å². The Morgan fingerprint density at radius 1 is 1.47 bits per heavy atom. The second-order valence-corrected chi connectivity index (χ2v) is 5.32. The number of aromatic nitrogens is 1. The topological polar surface area (TPSA) is 62.2 Å². The maximum Gasteiger partial charge on any atom is 0.356 e. The van der Waals surface area contributed by atoms with Crippen molar-refractivity contribution in [2.45, 2.75) is 19.9 Å². The molecule has 0 radical (unpaired) electrons. The fourth-order valence-corrected chi connectivity index (χ4v) is 2.80. The van der Waals surface area contributed by atoms with Crippen LogP contribution in [0.5, 0.6) is 0 Å². The van der Waals surface area contributed by atoms with Crippen molar-refractivity contribution in [1.82, 2.24) is 4.98 Å². The third-order valence-electron chi connectivity index (χ3n) is 2.70. The van der Waals surface area contributed by atoms with Gasteiger partial charge in [0.15, 0.2) is 5.69 Å². The summed E-state index contributed by atoms with van der Waals surface area (Å²) in [6, 6.07) is 5.31. The number of carboxylic acids is 1. The molecule has 0 aliphatic carbocycles. The molecule has 2 N–H and O–H groups in total. The summed E-state index contributed by atoms with van der Waals surface area (Å²) in [5.74, 6) is -0.615. The smallest absolute Gasteiger partial charge is 0.356 e. The number of halogens is 1. The minimum absolute atomic E-state index is 0.131. The second kappa shape index (κ2) is 6.04. The molecule has 0 unspecified atom stereocenters. The summed E-state index contributed by atoms with van der Waals surface area (Å²) in [6.07, 6.45) is 0.981. The number of carbonyl (C=O) groups is 1. The standard InChI is InChI=1S/C13H13ClN2O2S/c1-2-8-5-6-19-10(8)7-15-11-4-3-9(14)12(16-11)13(17)18/h3-6H,2,7H2,1H3,(H,15,16)(H,17,18). The predicted molar refractivity (Wildman–Crippen MR) is 77.2 cm³/mol. The van der Waals surface area contributed by atoms with Gasteiger partial charge in [0.2, 0.25) is 0 Å². The summed E-state index contributed by atoms with van der Waals surface area (Å²) >= 11 is 7.44. The first-order chi connectivity index (χ1) is 9.11. The highest BCUT2D eigenvalue weighted by Crippen LogP contribution is 2.20. The highest BCUT2D eigenvalue weighted by Gasteiger charge is 2.11. The molecular formula is C13H13ClN2O2S. The van der Waals surface area contributed by atoms with Crippen LogP contribution in [0.3, 0.4) is 0 Å². The Labute approximate surface area is 120 Å². The molecular weight excluding hydrogens is 284 g/mol. The van der Waals surface area contributed by atoms with E-state index < -0.39 is 5.97 Å². The molecule has 2 aromatic rings. The fraction of sp³-hybridized carbons (Fsp3) is 0.231. The molecule has 2 rings (SSSR count). The molecule has 19 heavy (non-hydrogen) atoms. The monoisotopic (exact) mass is 296 g/mol. The van der Waals surface area contributed by atoms with E-state index in [2.05, 4.69) is 23.3 Å². The zero-order chi connectivity index (χ0) is 13.8. The zero-order valence-electron chi connectivity index (χ0n) is 10.3. The van der Waals surface area contributed by atoms with Crippen LogP contribution >= 0.6 is 22.9 Å². The molecule has 100 valence electrons. The molecule has 0 spiro atoms. The Kier molecular flexibility index (Phi) is 4.39. The van der Waals surface area contributed by atoms with Crippen LogP contribution in [0.4, 0.5) is 5.82 Å². The number of aryl methyl sites for hydroxylation is 1. The quantitative estimate of drug-likeness (QED) is 0.884. The van der Waals surface area contributed by atoms with Gasteiger partial charge in [-0.2, -0.15) is 0 Å². The second-order valence-electron chi connectivity index (χ2n) is 3.91. The number of aromatic carboxylic acids is 1. The number of rotatable bonds is 5. The number of anilines is 1. The van der Waals surface area contributed by atoms with E-state index in [0.29, 0.717) is 12.4 Å². The summed E-state index contributed by atoms with van der Waals surface area (Å²) < 4.78 is 0. The van der Waals surface area contributed by atoms with Crippen LogP contribution in [0.2, 0.25) is 5.02 Å². The third-order valence-corrected chi connectivity index (χ3v) is 3.97. The maximum atomic E-state index is 10.9. The van der Waals surface area contributed by atoms with Crippen LogP contribution < -0.4 is 5.32 Å². The number of nitrogens with zero attached hydrogens (tertiary/aromatic N) is 1. The molecule has 0 fully saturated rings. The lowest BCUT2D eigenvalue weighted by atomic mass is 10.2. The van der Waals surface area contributed by atoms with Crippen LogP contribution in [0.25, 0.3) is 0 Å². The first kappa shape index (κ1) is 13.8. The molecule has 2 aromatic heterocycles. The molecule has 0 amide bonds. The summed E-state index contributed by atoms with van der Waals surface area (Å²) in [6.45, 7) is 2.74. The molecule has 0 aliphatic heterocycles. The number of hydrogen-bond donors (Lipinski definition) is 2. The van der Waals surface area contributed by atoms with Gasteiger partial charge in [0.05, 0.1) is 11.6 Å². The van der Waals surface area contributed by atoms with Crippen LogP contribution in [0.1, 0.15) is 27.9 Å². The highest BCUT2D eigenvalue weighted by atomic mass is 35.5. The molecule has 0 saturated carbocycles. The van der Waals surface area contributed by atoms with Gasteiger partial charge in [0.25, 0.3) is 0 Å². The Hall–Kier alpha value is -1.59. The van der Waals surface area contributed by atoms with Crippen molar-refractivity contribution in [1.29, 1.82) is 0 Å². The molecule has 0 atom stereocenters. The fourth-order valence-electron chi connectivity index (χ4n) is 1.70. The largest absolute Gasteiger partial charge is 0.476 e. The number of pyridine rings is 1. The molecule has 0 saturated heterocycles. The molecule has 6 heteroatoms. The number of thiophene rings is 1. The number of carboxylic acid groups (broad SMARTS) is 1. The van der Waals surface area contributed by atoms with E-state index in [1.54, 1.807) is 17.4 Å². The molecule has 0 aliphatic rings. The van der Waals surface area contributed by atoms with Crippen LogP contribution in [-0.4, -0.2) is 16.1 Å². The van der Waals surface area contributed by atoms with Crippen molar-refractivity contribution in [3.8, 4) is 0 Å². The van der Waals surface area contributed by atoms with E-state index in [0.717, 1.165) is 6.42 Å². The van der Waals surface area contributed by atoms with E-state index in [1.165, 1.54) is 16.5 Å². The SMILES string of the molecule is CCc1ccsc1CNc1ccc(Cl)c(C(=O)O)n1. The summed E-state index contributed by atoms with van der Waals surface area (Å²) in [5.41, 5.74) is 1.17. The zero-order valence-corrected chi connectivity index (χ0v) is 11.9. The van der Waals surface area contributed by atoms with Crippen molar-refractivity contribution < 1.29 is 9.90 Å². The van der Waals surface area contributed by atoms with Gasteiger partial charge in [-0.05, 0) is 35.6 Å². The lowest BCUT2D eigenvalue weighted by Gasteiger charge is -2.07. The van der Waals surface area contributed by atoms with Crippen molar-refractivity contribution in [2.75, 3.05) is 5.32 Å². The first-order valence-corrected chi connectivity index (χ1v) is 7.06. The Bertz CT molecular complexity index is 598. The van der Waals surface area contributed by atoms with Gasteiger partial charge < -0.3 is 10.4 Å². The van der Waals surface area contributed by atoms with Crippen LogP contribution in [-0.2, 0) is 13.0 Å². The average molecular weight is 297 g/mol. The summed E-state index contributed by atoms with van der Waals surface area (Å²) in [4.78, 5) is 16.2. The van der Waals surface area contributed by atoms with Gasteiger partial charge in [-0.25, -0.2) is 9.78 Å². The Morgan fingerprint density at radius 3 is 2.95 bits per heavy atom. The molecule has 4 nitrogen and oxygen atoms in total. The third kappa shape index (κ3) is 3.24. The molecule has 2 heterocycles. The molecule has 0 bridgehead atoms. The van der Waals surface area contributed by atoms with Crippen LogP contribution in [0, 0.1) is 0 Å². The first-order valence-electron chi connectivity index (χ1n) is 5.80. The highest BCUT2D eigenvalue weighted by molar-refractivity contribution is 7.10. The minimum atomic E-state index is -1.13. The number of hydrogen-bond acceptors (Lipinski definition) is 4. The predicted octanol–water partition coefficient (Wildman–Crippen LogP) is 3.67. The van der Waals surface area contributed by atoms with E-state index >= 15 is 0 Å². The normalized spacial score (nSPS) is 10.4. The van der Waals surface area contributed by atoms with E-state index in [9.17, 15) is 4.79 Å². The van der Waals surface area contributed by atoms with Gasteiger partial charge in [0, 0.05) is 4.88 Å². The van der Waals surface area contributed by atoms with E-state index in [-0.39, 0.29) is 10.7 Å². The van der Waals surface area contributed by atoms with Crippen molar-refractivity contribution >= 4 is 34.7 Å². The van der Waals surface area contributed by atoms with Gasteiger partial charge in [-0.3, -0.25) is 0 Å². The Morgan fingerprint density at radius 2 is 2.26 bits per heavy atom. The Balaban J connectivity index is 2.12. The lowest BCUT2D eigenvalue weighted by molar-refractivity contribution is 0.0691. The van der Waals surface area contributed by atoms with Gasteiger partial charge in [-0.1, -0.05) is 18.5 Å². The van der Waals surface area contributed by atoms with Gasteiger partial charge >= 0.3 is 5.97 Å². The number of nitrogens with one attached hydrogen (secondary N) is 1. The van der Waals surface area contributed by atoms with Crippen LogP contribution in [0.15, 0.2) is 23.6 Å². The minimum Gasteiger partial charge on any atom is -0.476 e. The summed E-state index contributed by atoms with van der Waals surface area (Å²) in [5, 5.41) is 14.3. The van der Waals surface area contributed by atoms with Crippen molar-refractivity contribution in [3.63, 3.8) is 0 Å².